The van der Waals surface area contributed by atoms with Crippen molar-refractivity contribution < 1.29 is 13.2 Å². The van der Waals surface area contributed by atoms with Crippen LogP contribution in [0.1, 0.15) is 25.8 Å². The van der Waals surface area contributed by atoms with E-state index in [1.165, 1.54) is 6.07 Å². The highest BCUT2D eigenvalue weighted by atomic mass is 79.9. The number of rotatable bonds is 5. The number of halogens is 5. The second kappa shape index (κ2) is 6.84. The smallest absolute Gasteiger partial charge is 0.380 e. The van der Waals surface area contributed by atoms with E-state index in [0.29, 0.717) is 22.0 Å². The highest BCUT2D eigenvalue weighted by molar-refractivity contribution is 9.10. The molecule has 0 amide bonds. The summed E-state index contributed by atoms with van der Waals surface area (Å²) >= 11 is 9.02. The molecule has 0 aliphatic carbocycles. The number of nitrogens with one attached hydrogen (secondary N) is 1. The van der Waals surface area contributed by atoms with Gasteiger partial charge < -0.3 is 5.32 Å². The van der Waals surface area contributed by atoms with Gasteiger partial charge in [0.05, 0.1) is 5.56 Å². The molecule has 0 spiro atoms. The summed E-state index contributed by atoms with van der Waals surface area (Å²) in [5.41, 5.74) is -0.0458. The van der Waals surface area contributed by atoms with E-state index in [9.17, 15) is 13.2 Å². The van der Waals surface area contributed by atoms with E-state index < -0.39 is 11.7 Å². The van der Waals surface area contributed by atoms with Crippen LogP contribution in [0, 0.1) is 5.92 Å². The lowest BCUT2D eigenvalue weighted by atomic mass is 10.0. The topological polar surface area (TPSA) is 12.0 Å². The largest absolute Gasteiger partial charge is 0.416 e. The van der Waals surface area contributed by atoms with E-state index in [0.717, 1.165) is 18.6 Å². The molecular formula is C13H16BrClF3N. The van der Waals surface area contributed by atoms with Crippen LogP contribution in [0.25, 0.3) is 0 Å². The molecule has 1 aromatic rings. The van der Waals surface area contributed by atoms with Crippen LogP contribution >= 0.6 is 27.5 Å². The Labute approximate surface area is 124 Å². The maximum Gasteiger partial charge on any atom is 0.416 e. The SMILES string of the molecule is CC(C)CC(CCl)Nc1ccc(C(F)(F)F)cc1Br. The number of hydrogen-bond donors (Lipinski definition) is 1. The first kappa shape index (κ1) is 16.6. The Hall–Kier alpha value is -0.420. The minimum absolute atomic E-state index is 0.0368. The first-order chi connectivity index (χ1) is 8.74. The monoisotopic (exact) mass is 357 g/mol. The molecule has 0 aliphatic rings. The first-order valence-corrected chi connectivity index (χ1v) is 7.26. The highest BCUT2D eigenvalue weighted by Gasteiger charge is 2.30. The summed E-state index contributed by atoms with van der Waals surface area (Å²) in [5.74, 6) is 0.871. The Morgan fingerprint density at radius 1 is 1.32 bits per heavy atom. The van der Waals surface area contributed by atoms with Crippen molar-refractivity contribution in [1.29, 1.82) is 0 Å². The van der Waals surface area contributed by atoms with Crippen LogP contribution in [0.3, 0.4) is 0 Å². The molecular weight excluding hydrogens is 343 g/mol. The van der Waals surface area contributed by atoms with Crippen molar-refractivity contribution in [1.82, 2.24) is 0 Å². The number of hydrogen-bond acceptors (Lipinski definition) is 1. The zero-order valence-electron chi connectivity index (χ0n) is 10.7. The molecule has 0 bridgehead atoms. The normalized spacial score (nSPS) is 13.7. The molecule has 6 heteroatoms. The van der Waals surface area contributed by atoms with Gasteiger partial charge in [-0.25, -0.2) is 0 Å². The fraction of sp³-hybridized carbons (Fsp3) is 0.538. The quantitative estimate of drug-likeness (QED) is 0.682. The van der Waals surface area contributed by atoms with Gasteiger partial charge in [0.1, 0.15) is 0 Å². The Balaban J connectivity index is 2.85. The van der Waals surface area contributed by atoms with Crippen LogP contribution in [0.2, 0.25) is 0 Å². The van der Waals surface area contributed by atoms with Gasteiger partial charge in [-0.15, -0.1) is 11.6 Å². The molecule has 1 aromatic carbocycles. The zero-order valence-corrected chi connectivity index (χ0v) is 13.0. The van der Waals surface area contributed by atoms with Crippen molar-refractivity contribution in [2.45, 2.75) is 32.5 Å². The molecule has 1 nitrogen and oxygen atoms in total. The minimum atomic E-state index is -4.33. The van der Waals surface area contributed by atoms with Gasteiger partial charge in [0, 0.05) is 22.1 Å². The van der Waals surface area contributed by atoms with Crippen LogP contribution in [-0.4, -0.2) is 11.9 Å². The summed E-state index contributed by atoms with van der Waals surface area (Å²) in [6.45, 7) is 4.14. The highest BCUT2D eigenvalue weighted by Crippen LogP contribution is 2.34. The maximum atomic E-state index is 12.5. The molecule has 0 aromatic heterocycles. The van der Waals surface area contributed by atoms with E-state index in [-0.39, 0.29) is 6.04 Å². The third kappa shape index (κ3) is 5.22. The third-order valence-corrected chi connectivity index (χ3v) is 3.63. The Kier molecular flexibility index (Phi) is 5.99. The fourth-order valence-electron chi connectivity index (χ4n) is 1.76. The molecule has 1 atom stereocenters. The lowest BCUT2D eigenvalue weighted by molar-refractivity contribution is -0.137. The summed E-state index contributed by atoms with van der Waals surface area (Å²) < 4.78 is 38.0. The lowest BCUT2D eigenvalue weighted by Crippen LogP contribution is -2.23. The van der Waals surface area contributed by atoms with Gasteiger partial charge >= 0.3 is 6.18 Å². The summed E-state index contributed by atoms with van der Waals surface area (Å²) in [6, 6.07) is 3.60. The van der Waals surface area contributed by atoms with Crippen LogP contribution in [0.4, 0.5) is 18.9 Å². The molecule has 1 rings (SSSR count). The predicted molar refractivity (Wildman–Crippen MR) is 76.7 cm³/mol. The van der Waals surface area contributed by atoms with Crippen molar-refractivity contribution in [2.75, 3.05) is 11.2 Å². The summed E-state index contributed by atoms with van der Waals surface area (Å²) in [6.07, 6.45) is -3.47. The van der Waals surface area contributed by atoms with Crippen LogP contribution in [0.15, 0.2) is 22.7 Å². The Morgan fingerprint density at radius 2 is 1.95 bits per heavy atom. The zero-order chi connectivity index (χ0) is 14.6. The number of alkyl halides is 4. The summed E-state index contributed by atoms with van der Waals surface area (Å²) in [5, 5.41) is 3.16. The lowest BCUT2D eigenvalue weighted by Gasteiger charge is -2.20. The molecule has 108 valence electrons. The van der Waals surface area contributed by atoms with Gasteiger partial charge in [0.2, 0.25) is 0 Å². The molecule has 1 N–H and O–H groups in total. The van der Waals surface area contributed by atoms with E-state index in [4.69, 9.17) is 11.6 Å². The van der Waals surface area contributed by atoms with Crippen molar-refractivity contribution in [3.05, 3.63) is 28.2 Å². The van der Waals surface area contributed by atoms with Gasteiger partial charge in [-0.05, 0) is 46.5 Å². The molecule has 0 saturated carbocycles. The third-order valence-electron chi connectivity index (χ3n) is 2.60. The molecule has 0 saturated heterocycles. The maximum absolute atomic E-state index is 12.5. The van der Waals surface area contributed by atoms with Gasteiger partial charge in [-0.3, -0.25) is 0 Å². The predicted octanol–water partition coefficient (Wildman–Crippen LogP) is 5.53. The molecule has 0 fully saturated rings. The van der Waals surface area contributed by atoms with Gasteiger partial charge in [0.25, 0.3) is 0 Å². The Bertz CT molecular complexity index is 421. The molecule has 0 heterocycles. The number of anilines is 1. The van der Waals surface area contributed by atoms with Gasteiger partial charge in [0.15, 0.2) is 0 Å². The van der Waals surface area contributed by atoms with Crippen molar-refractivity contribution >= 4 is 33.2 Å². The van der Waals surface area contributed by atoms with Crippen molar-refractivity contribution in [2.24, 2.45) is 5.92 Å². The number of benzene rings is 1. The van der Waals surface area contributed by atoms with E-state index >= 15 is 0 Å². The van der Waals surface area contributed by atoms with E-state index in [1.807, 2.05) is 0 Å². The minimum Gasteiger partial charge on any atom is -0.380 e. The fourth-order valence-corrected chi connectivity index (χ4v) is 2.45. The molecule has 19 heavy (non-hydrogen) atoms. The standard InChI is InChI=1S/C13H16BrClF3N/c1-8(2)5-10(7-15)19-12-4-3-9(6-11(12)14)13(16,17)18/h3-4,6,8,10,19H,5,7H2,1-2H3. The summed E-state index contributed by atoms with van der Waals surface area (Å²) in [7, 11) is 0. The Morgan fingerprint density at radius 3 is 2.37 bits per heavy atom. The molecule has 0 radical (unpaired) electrons. The van der Waals surface area contributed by atoms with Gasteiger partial charge in [-0.2, -0.15) is 13.2 Å². The average Bonchev–Trinajstić information content (AvgIpc) is 2.28. The second-order valence-electron chi connectivity index (χ2n) is 4.82. The molecule has 0 aliphatic heterocycles. The average molecular weight is 359 g/mol. The van der Waals surface area contributed by atoms with E-state index in [1.54, 1.807) is 0 Å². The van der Waals surface area contributed by atoms with E-state index in [2.05, 4.69) is 35.1 Å². The van der Waals surface area contributed by atoms with Crippen molar-refractivity contribution in [3.8, 4) is 0 Å². The van der Waals surface area contributed by atoms with Gasteiger partial charge in [-0.1, -0.05) is 13.8 Å². The second-order valence-corrected chi connectivity index (χ2v) is 5.98. The summed E-state index contributed by atoms with van der Waals surface area (Å²) in [4.78, 5) is 0. The first-order valence-electron chi connectivity index (χ1n) is 5.93. The van der Waals surface area contributed by atoms with Crippen LogP contribution in [0.5, 0.6) is 0 Å². The van der Waals surface area contributed by atoms with Crippen LogP contribution in [-0.2, 0) is 6.18 Å². The molecule has 1 unspecified atom stereocenters. The van der Waals surface area contributed by atoms with Crippen molar-refractivity contribution in [3.63, 3.8) is 0 Å². The van der Waals surface area contributed by atoms with Crippen LogP contribution < -0.4 is 5.32 Å².